The largest absolute Gasteiger partial charge is 0.463 e. The maximum Gasteiger partial charge on any atom is 0.303 e. The molecule has 0 amide bonds. The standard InChI is InChI=1S/C33H48O11/c1-17(34)39-16-26-28(40-18(2)35)29(41-19(3)36)30(42-20(4)37)31(44-26)43-22-11-13-32(5)21(15-22)7-8-23-24-9-10-27(38)33(24,6)14-12-25(23)32/h21-26,28-31H,7-16H2,1-6H3. The molecule has 12 unspecified atom stereocenters. The summed E-state index contributed by atoms with van der Waals surface area (Å²) in [4.78, 5) is 60.9. The van der Waals surface area contributed by atoms with Gasteiger partial charge in [-0.25, -0.2) is 0 Å². The molecule has 4 aliphatic carbocycles. The highest BCUT2D eigenvalue weighted by atomic mass is 16.7. The summed E-state index contributed by atoms with van der Waals surface area (Å²) in [6.45, 7) is 9.22. The van der Waals surface area contributed by atoms with Gasteiger partial charge in [-0.05, 0) is 80.5 Å². The van der Waals surface area contributed by atoms with Crippen LogP contribution in [0.1, 0.15) is 99.3 Å². The normalized spacial score (nSPS) is 43.1. The third-order valence-electron chi connectivity index (χ3n) is 11.6. The molecule has 11 heteroatoms. The van der Waals surface area contributed by atoms with E-state index in [1.54, 1.807) is 0 Å². The summed E-state index contributed by atoms with van der Waals surface area (Å²) in [6, 6.07) is 0. The lowest BCUT2D eigenvalue weighted by Crippen LogP contribution is -2.63. The van der Waals surface area contributed by atoms with Gasteiger partial charge in [0.1, 0.15) is 18.5 Å². The summed E-state index contributed by atoms with van der Waals surface area (Å²) >= 11 is 0. The van der Waals surface area contributed by atoms with Gasteiger partial charge in [0.15, 0.2) is 24.6 Å². The second-order valence-electron chi connectivity index (χ2n) is 14.2. The zero-order chi connectivity index (χ0) is 32.0. The number of carbonyl (C=O) groups excluding carboxylic acids is 5. The highest BCUT2D eigenvalue weighted by molar-refractivity contribution is 5.87. The SMILES string of the molecule is CC(=O)OCC1OC(OC2CCC3(C)C(CCC4C5CCC(=O)C5(C)CCC43)C2)C(OC(C)=O)C(OC(C)=O)C1OC(C)=O. The Labute approximate surface area is 259 Å². The third kappa shape index (κ3) is 6.28. The van der Waals surface area contributed by atoms with E-state index in [4.69, 9.17) is 28.4 Å². The highest BCUT2D eigenvalue weighted by Crippen LogP contribution is 2.65. The molecule has 0 N–H and O–H groups in total. The average molecular weight is 621 g/mol. The van der Waals surface area contributed by atoms with Crippen LogP contribution < -0.4 is 0 Å². The fourth-order valence-corrected chi connectivity index (χ4v) is 9.60. The predicted molar refractivity (Wildman–Crippen MR) is 154 cm³/mol. The van der Waals surface area contributed by atoms with Crippen molar-refractivity contribution < 1.29 is 52.4 Å². The molecule has 1 saturated heterocycles. The Kier molecular flexibility index (Phi) is 9.48. The van der Waals surface area contributed by atoms with Crippen molar-refractivity contribution in [1.82, 2.24) is 0 Å². The lowest BCUT2D eigenvalue weighted by molar-refractivity contribution is -0.321. The van der Waals surface area contributed by atoms with Gasteiger partial charge in [-0.1, -0.05) is 13.8 Å². The number of rotatable bonds is 7. The van der Waals surface area contributed by atoms with Gasteiger partial charge in [0.25, 0.3) is 0 Å². The number of carbonyl (C=O) groups is 5. The van der Waals surface area contributed by atoms with E-state index < -0.39 is 54.6 Å². The molecule has 0 aromatic heterocycles. The minimum absolute atomic E-state index is 0.150. The summed E-state index contributed by atoms with van der Waals surface area (Å²) in [5, 5.41) is 0. The number of hydrogen-bond donors (Lipinski definition) is 0. The molecule has 1 heterocycles. The van der Waals surface area contributed by atoms with Gasteiger partial charge in [-0.3, -0.25) is 24.0 Å². The van der Waals surface area contributed by atoms with E-state index in [9.17, 15) is 24.0 Å². The van der Waals surface area contributed by atoms with Crippen LogP contribution in [0.4, 0.5) is 0 Å². The van der Waals surface area contributed by atoms with E-state index in [-0.39, 0.29) is 23.5 Å². The molecule has 12 atom stereocenters. The molecule has 0 aromatic carbocycles. The average Bonchev–Trinajstić information content (AvgIpc) is 3.24. The second kappa shape index (κ2) is 12.7. The third-order valence-corrected chi connectivity index (χ3v) is 11.6. The molecule has 0 spiro atoms. The number of fused-ring (bicyclic) bond motifs is 5. The van der Waals surface area contributed by atoms with Crippen LogP contribution in [0.15, 0.2) is 0 Å². The van der Waals surface area contributed by atoms with E-state index in [0.29, 0.717) is 29.5 Å². The number of ketones is 1. The van der Waals surface area contributed by atoms with Crippen molar-refractivity contribution in [2.24, 2.45) is 34.5 Å². The molecule has 0 bridgehead atoms. The Bertz CT molecular complexity index is 1150. The Morgan fingerprint density at radius 3 is 2.09 bits per heavy atom. The maximum absolute atomic E-state index is 12.8. The van der Waals surface area contributed by atoms with Crippen LogP contribution in [0, 0.1) is 34.5 Å². The van der Waals surface area contributed by atoms with Crippen LogP contribution in [-0.2, 0) is 52.4 Å². The van der Waals surface area contributed by atoms with Gasteiger partial charge < -0.3 is 28.4 Å². The number of Topliss-reactive ketones (excluding diaryl/α,β-unsaturated/α-hetero) is 1. The van der Waals surface area contributed by atoms with Crippen molar-refractivity contribution in [2.75, 3.05) is 6.61 Å². The zero-order valence-electron chi connectivity index (χ0n) is 26.8. The van der Waals surface area contributed by atoms with Crippen molar-refractivity contribution >= 4 is 29.7 Å². The van der Waals surface area contributed by atoms with Gasteiger partial charge in [0.05, 0.1) is 6.10 Å². The van der Waals surface area contributed by atoms with Crippen LogP contribution in [0.5, 0.6) is 0 Å². The summed E-state index contributed by atoms with van der Waals surface area (Å²) in [5.41, 5.74) is -0.00315. The molecule has 11 nitrogen and oxygen atoms in total. The predicted octanol–water partition coefficient (Wildman–Crippen LogP) is 4.07. The highest BCUT2D eigenvalue weighted by Gasteiger charge is 2.61. The van der Waals surface area contributed by atoms with Crippen LogP contribution in [0.3, 0.4) is 0 Å². The van der Waals surface area contributed by atoms with E-state index in [0.717, 1.165) is 57.8 Å². The number of hydrogen-bond acceptors (Lipinski definition) is 11. The summed E-state index contributed by atoms with van der Waals surface area (Å²) < 4.78 is 34.6. The zero-order valence-corrected chi connectivity index (χ0v) is 26.8. The number of ether oxygens (including phenoxy) is 6. The van der Waals surface area contributed by atoms with Crippen molar-refractivity contribution in [2.45, 2.75) is 136 Å². The van der Waals surface area contributed by atoms with Crippen molar-refractivity contribution in [3.05, 3.63) is 0 Å². The molecule has 0 aromatic rings. The smallest absolute Gasteiger partial charge is 0.303 e. The van der Waals surface area contributed by atoms with Gasteiger partial charge in [-0.2, -0.15) is 0 Å². The first-order valence-electron chi connectivity index (χ1n) is 16.2. The van der Waals surface area contributed by atoms with Crippen LogP contribution in [-0.4, -0.2) is 73.1 Å². The first-order chi connectivity index (χ1) is 20.7. The molecule has 5 fully saturated rings. The minimum Gasteiger partial charge on any atom is -0.463 e. The van der Waals surface area contributed by atoms with E-state index in [2.05, 4.69) is 13.8 Å². The fourth-order valence-electron chi connectivity index (χ4n) is 9.60. The molecule has 4 saturated carbocycles. The quantitative estimate of drug-likeness (QED) is 0.231. The van der Waals surface area contributed by atoms with E-state index >= 15 is 0 Å². The van der Waals surface area contributed by atoms with Crippen LogP contribution in [0.25, 0.3) is 0 Å². The first-order valence-corrected chi connectivity index (χ1v) is 16.2. The Morgan fingerprint density at radius 1 is 0.773 bits per heavy atom. The fraction of sp³-hybridized carbons (Fsp3) is 0.848. The maximum atomic E-state index is 12.8. The van der Waals surface area contributed by atoms with Gasteiger partial charge >= 0.3 is 23.9 Å². The molecular weight excluding hydrogens is 572 g/mol. The molecule has 1 aliphatic heterocycles. The number of esters is 4. The second-order valence-corrected chi connectivity index (χ2v) is 14.2. The molecule has 5 aliphatic rings. The van der Waals surface area contributed by atoms with Crippen LogP contribution >= 0.6 is 0 Å². The van der Waals surface area contributed by atoms with Crippen molar-refractivity contribution in [3.63, 3.8) is 0 Å². The van der Waals surface area contributed by atoms with Gasteiger partial charge in [0, 0.05) is 39.5 Å². The van der Waals surface area contributed by atoms with Gasteiger partial charge in [-0.15, -0.1) is 0 Å². The minimum atomic E-state index is -1.24. The molecular formula is C33H48O11. The Morgan fingerprint density at radius 2 is 1.43 bits per heavy atom. The molecule has 246 valence electrons. The Balaban J connectivity index is 1.34. The van der Waals surface area contributed by atoms with Gasteiger partial charge in [0.2, 0.25) is 0 Å². The van der Waals surface area contributed by atoms with Crippen LogP contribution in [0.2, 0.25) is 0 Å². The monoisotopic (exact) mass is 620 g/mol. The summed E-state index contributed by atoms with van der Waals surface area (Å²) in [5.74, 6) is -0.0244. The summed E-state index contributed by atoms with van der Waals surface area (Å²) in [7, 11) is 0. The first kappa shape index (κ1) is 32.9. The molecule has 0 radical (unpaired) electrons. The van der Waals surface area contributed by atoms with E-state index in [1.165, 1.54) is 27.7 Å². The van der Waals surface area contributed by atoms with Crippen molar-refractivity contribution in [1.29, 1.82) is 0 Å². The topological polar surface area (TPSA) is 141 Å². The summed E-state index contributed by atoms with van der Waals surface area (Å²) in [6.07, 6.45) is 2.46. The lowest BCUT2D eigenvalue weighted by atomic mass is 9.45. The lowest BCUT2D eigenvalue weighted by Gasteiger charge is -2.60. The molecule has 44 heavy (non-hydrogen) atoms. The Hall–Kier alpha value is -2.53. The van der Waals surface area contributed by atoms with Crippen molar-refractivity contribution in [3.8, 4) is 0 Å². The molecule has 5 rings (SSSR count). The van der Waals surface area contributed by atoms with E-state index in [1.807, 2.05) is 0 Å².